The van der Waals surface area contributed by atoms with Crippen LogP contribution in [-0.4, -0.2) is 22.4 Å². The van der Waals surface area contributed by atoms with Gasteiger partial charge in [-0.25, -0.2) is 9.59 Å². The van der Waals surface area contributed by atoms with Gasteiger partial charge in [0.15, 0.2) is 0 Å². The van der Waals surface area contributed by atoms with E-state index >= 15 is 0 Å². The van der Waals surface area contributed by atoms with Gasteiger partial charge in [0.05, 0.1) is 0 Å². The third-order valence-corrected chi connectivity index (χ3v) is 1.83. The van der Waals surface area contributed by atoms with Gasteiger partial charge in [-0.1, -0.05) is 26.0 Å². The molecule has 0 atom stereocenters. The Hall–Kier alpha value is -2.24. The summed E-state index contributed by atoms with van der Waals surface area (Å²) in [5, 5.41) is 17.9. The van der Waals surface area contributed by atoms with Gasteiger partial charge in [0.25, 0.3) is 0 Å². The fourth-order valence-corrected chi connectivity index (χ4v) is 1.07. The zero-order chi connectivity index (χ0) is 13.4. The Bertz CT molecular complexity index is 370. The number of nitrogens with one attached hydrogen (secondary N) is 1. The molecule has 0 fully saturated rings. The molecule has 0 radical (unpaired) electrons. The molecular formula is C11H16N2O4. The summed E-state index contributed by atoms with van der Waals surface area (Å²) in [6.45, 7) is 4.19. The fraction of sp³-hybridized carbons (Fsp3) is 0.273. The molecule has 6 nitrogen and oxygen atoms in total. The lowest BCUT2D eigenvalue weighted by Crippen LogP contribution is -2.06. The number of rotatable bonds is 2. The van der Waals surface area contributed by atoms with Crippen LogP contribution in [0.15, 0.2) is 24.3 Å². The van der Waals surface area contributed by atoms with E-state index in [9.17, 15) is 4.79 Å². The monoisotopic (exact) mass is 240 g/mol. The number of primary amides is 1. The van der Waals surface area contributed by atoms with Gasteiger partial charge in [-0.2, -0.15) is 0 Å². The first-order valence-electron chi connectivity index (χ1n) is 4.91. The summed E-state index contributed by atoms with van der Waals surface area (Å²) in [6, 6.07) is 7.39. The minimum absolute atomic E-state index is 0.471. The Morgan fingerprint density at radius 2 is 1.59 bits per heavy atom. The second-order valence-corrected chi connectivity index (χ2v) is 3.55. The van der Waals surface area contributed by atoms with Crippen molar-refractivity contribution in [1.82, 2.24) is 0 Å². The summed E-state index contributed by atoms with van der Waals surface area (Å²) in [5.41, 5.74) is 5.84. The van der Waals surface area contributed by atoms with Crippen molar-refractivity contribution in [3.63, 3.8) is 0 Å². The fourth-order valence-electron chi connectivity index (χ4n) is 1.07. The molecule has 1 rings (SSSR count). The third kappa shape index (κ3) is 7.66. The van der Waals surface area contributed by atoms with Crippen LogP contribution in [0.2, 0.25) is 0 Å². The van der Waals surface area contributed by atoms with E-state index in [1.54, 1.807) is 12.1 Å². The number of hydrogen-bond acceptors (Lipinski definition) is 2. The zero-order valence-electron chi connectivity index (χ0n) is 9.68. The molecule has 0 saturated carbocycles. The smallest absolute Gasteiger partial charge is 0.409 e. The molecule has 0 saturated heterocycles. The quantitative estimate of drug-likeness (QED) is 0.636. The van der Waals surface area contributed by atoms with Gasteiger partial charge >= 0.3 is 12.2 Å². The average molecular weight is 240 g/mol. The number of anilines is 1. The second-order valence-electron chi connectivity index (χ2n) is 3.55. The molecule has 0 aromatic heterocycles. The molecule has 0 aliphatic carbocycles. The van der Waals surface area contributed by atoms with Gasteiger partial charge in [-0.3, -0.25) is 5.32 Å². The molecule has 0 spiro atoms. The van der Waals surface area contributed by atoms with Crippen LogP contribution in [0.4, 0.5) is 15.3 Å². The predicted molar refractivity (Wildman–Crippen MR) is 64.4 cm³/mol. The Balaban J connectivity index is 0.000000557. The highest BCUT2D eigenvalue weighted by Crippen LogP contribution is 2.16. The Morgan fingerprint density at radius 3 is 1.88 bits per heavy atom. The lowest BCUT2D eigenvalue weighted by molar-refractivity contribution is 0.205. The number of carboxylic acid groups (broad SMARTS) is 2. The van der Waals surface area contributed by atoms with Crippen LogP contribution in [0, 0.1) is 0 Å². The molecule has 2 amide bonds. The first-order valence-corrected chi connectivity index (χ1v) is 4.91. The van der Waals surface area contributed by atoms with Crippen molar-refractivity contribution in [2.45, 2.75) is 19.8 Å². The van der Waals surface area contributed by atoms with E-state index in [0.717, 1.165) is 0 Å². The highest BCUT2D eigenvalue weighted by Gasteiger charge is 2.00. The first-order chi connectivity index (χ1) is 7.82. The molecule has 5 N–H and O–H groups in total. The SMILES string of the molecule is CC(C)c1ccc(NC(=O)O)cc1.NC(=O)O. The van der Waals surface area contributed by atoms with Gasteiger partial charge in [0, 0.05) is 5.69 Å². The maximum atomic E-state index is 10.3. The van der Waals surface area contributed by atoms with Crippen LogP contribution < -0.4 is 11.1 Å². The highest BCUT2D eigenvalue weighted by molar-refractivity contribution is 5.82. The Morgan fingerprint density at radius 1 is 1.18 bits per heavy atom. The van der Waals surface area contributed by atoms with Crippen LogP contribution in [-0.2, 0) is 0 Å². The molecule has 0 bridgehead atoms. The lowest BCUT2D eigenvalue weighted by Gasteiger charge is -2.06. The molecular weight excluding hydrogens is 224 g/mol. The first kappa shape index (κ1) is 14.8. The van der Waals surface area contributed by atoms with Crippen molar-refractivity contribution in [3.8, 4) is 0 Å². The molecule has 94 valence electrons. The van der Waals surface area contributed by atoms with Crippen molar-refractivity contribution in [2.75, 3.05) is 5.32 Å². The standard InChI is InChI=1S/C10H13NO2.CH3NO2/c1-7(2)8-3-5-9(6-4-8)11-10(12)13;2-1(3)4/h3-7,11H,1-2H3,(H,12,13);2H2,(H,3,4). The van der Waals surface area contributed by atoms with Gasteiger partial charge < -0.3 is 15.9 Å². The van der Waals surface area contributed by atoms with Crippen LogP contribution >= 0.6 is 0 Å². The van der Waals surface area contributed by atoms with Crippen LogP contribution in [0.1, 0.15) is 25.3 Å². The summed E-state index contributed by atoms with van der Waals surface area (Å²) in [5.74, 6) is 0.471. The van der Waals surface area contributed by atoms with Gasteiger partial charge in [-0.05, 0) is 23.6 Å². The van der Waals surface area contributed by atoms with Crippen molar-refractivity contribution < 1.29 is 19.8 Å². The van der Waals surface area contributed by atoms with E-state index in [1.807, 2.05) is 12.1 Å². The summed E-state index contributed by atoms with van der Waals surface area (Å²) in [6.07, 6.45) is -2.36. The third-order valence-electron chi connectivity index (χ3n) is 1.83. The van der Waals surface area contributed by atoms with Crippen LogP contribution in [0.25, 0.3) is 0 Å². The topological polar surface area (TPSA) is 113 Å². The van der Waals surface area contributed by atoms with Gasteiger partial charge in [0.1, 0.15) is 0 Å². The Labute approximate surface area is 99.1 Å². The molecule has 1 aromatic rings. The normalized spacial score (nSPS) is 9.12. The minimum atomic E-state index is -1.33. The van der Waals surface area contributed by atoms with E-state index in [0.29, 0.717) is 11.6 Å². The van der Waals surface area contributed by atoms with E-state index < -0.39 is 12.2 Å². The second kappa shape index (κ2) is 7.10. The van der Waals surface area contributed by atoms with E-state index in [-0.39, 0.29) is 0 Å². The van der Waals surface area contributed by atoms with Gasteiger partial charge in [0.2, 0.25) is 0 Å². The molecule has 0 aliphatic heterocycles. The molecule has 0 unspecified atom stereocenters. The predicted octanol–water partition coefficient (Wildman–Crippen LogP) is 2.52. The molecule has 1 aromatic carbocycles. The largest absolute Gasteiger partial charge is 0.465 e. The van der Waals surface area contributed by atoms with E-state index in [4.69, 9.17) is 15.0 Å². The number of nitrogens with two attached hydrogens (primary N) is 1. The van der Waals surface area contributed by atoms with Gasteiger partial charge in [-0.15, -0.1) is 0 Å². The zero-order valence-corrected chi connectivity index (χ0v) is 9.68. The molecule has 0 aliphatic rings. The highest BCUT2D eigenvalue weighted by atomic mass is 16.4. The van der Waals surface area contributed by atoms with Crippen molar-refractivity contribution in [2.24, 2.45) is 5.73 Å². The molecule has 6 heteroatoms. The number of hydrogen-bond donors (Lipinski definition) is 4. The molecule has 17 heavy (non-hydrogen) atoms. The average Bonchev–Trinajstić information content (AvgIpc) is 2.16. The van der Waals surface area contributed by atoms with Crippen molar-refractivity contribution in [3.05, 3.63) is 29.8 Å². The summed E-state index contributed by atoms with van der Waals surface area (Å²) in [4.78, 5) is 19.1. The van der Waals surface area contributed by atoms with E-state index in [1.165, 1.54) is 5.56 Å². The van der Waals surface area contributed by atoms with E-state index in [2.05, 4.69) is 24.9 Å². The summed E-state index contributed by atoms with van der Waals surface area (Å²) < 4.78 is 0. The van der Waals surface area contributed by atoms with Crippen LogP contribution in [0.3, 0.4) is 0 Å². The van der Waals surface area contributed by atoms with Crippen LogP contribution in [0.5, 0.6) is 0 Å². The maximum absolute atomic E-state index is 10.3. The lowest BCUT2D eigenvalue weighted by atomic mass is 10.0. The number of benzene rings is 1. The number of carbonyl (C=O) groups is 2. The van der Waals surface area contributed by atoms with Crippen molar-refractivity contribution >= 4 is 17.9 Å². The Kier molecular flexibility index (Phi) is 6.17. The van der Waals surface area contributed by atoms with Crippen molar-refractivity contribution in [1.29, 1.82) is 0 Å². The maximum Gasteiger partial charge on any atom is 0.409 e. The molecule has 0 heterocycles. The minimum Gasteiger partial charge on any atom is -0.465 e. The number of amides is 2. The summed E-state index contributed by atoms with van der Waals surface area (Å²) >= 11 is 0. The summed E-state index contributed by atoms with van der Waals surface area (Å²) in [7, 11) is 0.